The zero-order valence-electron chi connectivity index (χ0n) is 11.6. The first-order valence-corrected chi connectivity index (χ1v) is 7.02. The van der Waals surface area contributed by atoms with Gasteiger partial charge in [-0.05, 0) is 17.7 Å². The van der Waals surface area contributed by atoms with Gasteiger partial charge in [-0.3, -0.25) is 10.1 Å². The Kier molecular flexibility index (Phi) is 2.70. The second-order valence-corrected chi connectivity index (χ2v) is 5.25. The molecule has 22 heavy (non-hydrogen) atoms. The van der Waals surface area contributed by atoms with E-state index in [0.29, 0.717) is 5.95 Å². The molecule has 2 aromatic carbocycles. The lowest BCUT2D eigenvalue weighted by molar-refractivity contribution is -0.119. The number of anilines is 1. The van der Waals surface area contributed by atoms with E-state index in [9.17, 15) is 10.1 Å². The maximum absolute atomic E-state index is 12.3. The first-order chi connectivity index (χ1) is 10.8. The van der Waals surface area contributed by atoms with E-state index in [-0.39, 0.29) is 11.9 Å². The molecule has 1 aliphatic heterocycles. The number of nitrogens with one attached hydrogen (secondary N) is 1. The second kappa shape index (κ2) is 4.71. The Labute approximate surface area is 126 Å². The Morgan fingerprint density at radius 2 is 1.82 bits per heavy atom. The van der Waals surface area contributed by atoms with E-state index in [2.05, 4.69) is 16.4 Å². The third-order valence-electron chi connectivity index (χ3n) is 3.99. The minimum absolute atomic E-state index is 0.306. The van der Waals surface area contributed by atoms with Crippen molar-refractivity contribution in [2.24, 2.45) is 5.92 Å². The van der Waals surface area contributed by atoms with Crippen molar-refractivity contribution in [1.29, 1.82) is 5.26 Å². The lowest BCUT2D eigenvalue weighted by atomic mass is 9.91. The van der Waals surface area contributed by atoms with E-state index in [4.69, 9.17) is 0 Å². The van der Waals surface area contributed by atoms with Gasteiger partial charge < -0.3 is 4.57 Å². The number of rotatable bonds is 1. The number of imidazole rings is 1. The quantitative estimate of drug-likeness (QED) is 0.748. The van der Waals surface area contributed by atoms with Gasteiger partial charge in [0.15, 0.2) is 5.92 Å². The zero-order valence-corrected chi connectivity index (χ0v) is 11.6. The number of nitriles is 1. The Morgan fingerprint density at radius 3 is 2.59 bits per heavy atom. The van der Waals surface area contributed by atoms with Crippen LogP contribution in [-0.4, -0.2) is 15.5 Å². The van der Waals surface area contributed by atoms with E-state index in [1.54, 1.807) is 0 Å². The molecule has 5 nitrogen and oxygen atoms in total. The van der Waals surface area contributed by atoms with Crippen molar-refractivity contribution in [1.82, 2.24) is 9.55 Å². The summed E-state index contributed by atoms with van der Waals surface area (Å²) in [7, 11) is 0. The van der Waals surface area contributed by atoms with Gasteiger partial charge in [0.05, 0.1) is 23.1 Å². The molecule has 1 aliphatic rings. The largest absolute Gasteiger partial charge is 0.300 e. The molecule has 1 aromatic heterocycles. The summed E-state index contributed by atoms with van der Waals surface area (Å²) in [5.41, 5.74) is 2.64. The number of carbonyl (C=O) groups excluding carboxylic acids is 1. The number of hydrogen-bond donors (Lipinski definition) is 1. The fourth-order valence-electron chi connectivity index (χ4n) is 3.02. The maximum atomic E-state index is 12.3. The minimum atomic E-state index is -0.785. The highest BCUT2D eigenvalue weighted by Gasteiger charge is 2.38. The average Bonchev–Trinajstić information content (AvgIpc) is 2.92. The molecular formula is C17H12N4O. The van der Waals surface area contributed by atoms with Crippen LogP contribution in [0.2, 0.25) is 0 Å². The molecule has 0 saturated heterocycles. The van der Waals surface area contributed by atoms with E-state index in [1.165, 1.54) is 0 Å². The van der Waals surface area contributed by atoms with Crippen LogP contribution in [0.3, 0.4) is 0 Å². The number of hydrogen-bond acceptors (Lipinski definition) is 3. The van der Waals surface area contributed by atoms with Gasteiger partial charge in [0, 0.05) is 0 Å². The molecule has 0 fully saturated rings. The summed E-state index contributed by atoms with van der Waals surface area (Å²) < 4.78 is 1.94. The van der Waals surface area contributed by atoms with Gasteiger partial charge in [0.1, 0.15) is 0 Å². The number of fused-ring (bicyclic) bond motifs is 3. The van der Waals surface area contributed by atoms with Crippen LogP contribution in [0, 0.1) is 17.2 Å². The Balaban J connectivity index is 2.03. The van der Waals surface area contributed by atoms with Crippen LogP contribution in [0.25, 0.3) is 11.0 Å². The van der Waals surface area contributed by atoms with E-state index in [0.717, 1.165) is 16.6 Å². The molecule has 0 bridgehead atoms. The number of carbonyl (C=O) groups is 1. The van der Waals surface area contributed by atoms with Crippen molar-refractivity contribution in [2.75, 3.05) is 5.32 Å². The Bertz CT molecular complexity index is 907. The predicted molar refractivity (Wildman–Crippen MR) is 82.0 cm³/mol. The van der Waals surface area contributed by atoms with Crippen LogP contribution in [0.4, 0.5) is 5.95 Å². The molecule has 0 aliphatic carbocycles. The minimum Gasteiger partial charge on any atom is -0.300 e. The van der Waals surface area contributed by atoms with Crippen LogP contribution >= 0.6 is 0 Å². The molecule has 2 unspecified atom stereocenters. The lowest BCUT2D eigenvalue weighted by Gasteiger charge is -2.29. The van der Waals surface area contributed by atoms with Gasteiger partial charge in [-0.15, -0.1) is 0 Å². The van der Waals surface area contributed by atoms with Gasteiger partial charge >= 0.3 is 0 Å². The Morgan fingerprint density at radius 1 is 1.09 bits per heavy atom. The lowest BCUT2D eigenvalue weighted by Crippen LogP contribution is -2.37. The smallest absolute Gasteiger partial charge is 0.246 e. The van der Waals surface area contributed by atoms with Crippen molar-refractivity contribution < 1.29 is 4.79 Å². The topological polar surface area (TPSA) is 70.7 Å². The highest BCUT2D eigenvalue weighted by Crippen LogP contribution is 2.37. The predicted octanol–water partition coefficient (Wildman–Crippen LogP) is 2.72. The molecule has 0 saturated carbocycles. The molecule has 0 spiro atoms. The summed E-state index contributed by atoms with van der Waals surface area (Å²) in [5.74, 6) is -0.599. The first-order valence-electron chi connectivity index (χ1n) is 7.02. The molecule has 1 amide bonds. The summed E-state index contributed by atoms with van der Waals surface area (Å²) in [6, 6.07) is 19.1. The second-order valence-electron chi connectivity index (χ2n) is 5.25. The molecule has 5 heteroatoms. The average molecular weight is 288 g/mol. The zero-order chi connectivity index (χ0) is 15.1. The SMILES string of the molecule is N#CC1C(=O)Nc2nc3ccccc3n2C1c1ccccc1. The molecular weight excluding hydrogens is 276 g/mol. The third kappa shape index (κ3) is 1.71. The van der Waals surface area contributed by atoms with Crippen molar-refractivity contribution in [2.45, 2.75) is 6.04 Å². The van der Waals surface area contributed by atoms with Gasteiger partial charge in [0.25, 0.3) is 0 Å². The fraction of sp³-hybridized carbons (Fsp3) is 0.118. The van der Waals surface area contributed by atoms with Crippen LogP contribution < -0.4 is 5.32 Å². The van der Waals surface area contributed by atoms with Crippen LogP contribution in [0.5, 0.6) is 0 Å². The highest BCUT2D eigenvalue weighted by atomic mass is 16.2. The summed E-state index contributed by atoms with van der Waals surface area (Å²) in [4.78, 5) is 16.7. The summed E-state index contributed by atoms with van der Waals surface area (Å²) in [5, 5.41) is 12.2. The molecule has 106 valence electrons. The summed E-state index contributed by atoms with van der Waals surface area (Å²) in [6.45, 7) is 0. The van der Waals surface area contributed by atoms with Gasteiger partial charge in [-0.1, -0.05) is 42.5 Å². The third-order valence-corrected chi connectivity index (χ3v) is 3.99. The molecule has 2 atom stereocenters. The number of nitrogens with zero attached hydrogens (tertiary/aromatic N) is 3. The van der Waals surface area contributed by atoms with E-state index in [1.807, 2.05) is 59.2 Å². The normalized spacial score (nSPS) is 20.2. The standard InChI is InChI=1S/C17H12N4O/c18-10-12-15(11-6-2-1-3-7-11)21-14-9-5-4-8-13(14)19-17(21)20-16(12)22/h1-9,12,15H,(H,19,20,22). The monoisotopic (exact) mass is 288 g/mol. The van der Waals surface area contributed by atoms with Gasteiger partial charge in [0.2, 0.25) is 11.9 Å². The summed E-state index contributed by atoms with van der Waals surface area (Å²) in [6.07, 6.45) is 0. The van der Waals surface area contributed by atoms with Gasteiger partial charge in [-0.2, -0.15) is 5.26 Å². The number of aromatic nitrogens is 2. The maximum Gasteiger partial charge on any atom is 0.246 e. The van der Waals surface area contributed by atoms with Crippen LogP contribution in [0.1, 0.15) is 11.6 Å². The van der Waals surface area contributed by atoms with Crippen molar-refractivity contribution in [3.05, 3.63) is 60.2 Å². The van der Waals surface area contributed by atoms with Crippen molar-refractivity contribution in [3.63, 3.8) is 0 Å². The summed E-state index contributed by atoms with van der Waals surface area (Å²) >= 11 is 0. The molecule has 0 radical (unpaired) electrons. The van der Waals surface area contributed by atoms with Gasteiger partial charge in [-0.25, -0.2) is 4.98 Å². The molecule has 3 aromatic rings. The molecule has 1 N–H and O–H groups in total. The van der Waals surface area contributed by atoms with Crippen molar-refractivity contribution in [3.8, 4) is 6.07 Å². The fourth-order valence-corrected chi connectivity index (χ4v) is 3.02. The van der Waals surface area contributed by atoms with Crippen LogP contribution in [0.15, 0.2) is 54.6 Å². The number of para-hydroxylation sites is 2. The van der Waals surface area contributed by atoms with E-state index >= 15 is 0 Å². The molecule has 2 heterocycles. The Hall–Kier alpha value is -3.13. The first kappa shape index (κ1) is 12.6. The number of amides is 1. The van der Waals surface area contributed by atoms with Crippen molar-refractivity contribution >= 4 is 22.9 Å². The van der Waals surface area contributed by atoms with E-state index < -0.39 is 5.92 Å². The highest BCUT2D eigenvalue weighted by molar-refractivity contribution is 5.97. The number of benzene rings is 2. The van der Waals surface area contributed by atoms with Crippen LogP contribution in [-0.2, 0) is 4.79 Å². The molecule has 4 rings (SSSR count).